The van der Waals surface area contributed by atoms with Gasteiger partial charge < -0.3 is 9.88 Å². The van der Waals surface area contributed by atoms with E-state index in [2.05, 4.69) is 10.3 Å². The zero-order chi connectivity index (χ0) is 14.4. The largest absolute Gasteiger partial charge is 0.332 e. The molecule has 0 spiro atoms. The summed E-state index contributed by atoms with van der Waals surface area (Å²) in [4.78, 5) is 28.9. The van der Waals surface area contributed by atoms with E-state index in [1.807, 2.05) is 11.5 Å². The van der Waals surface area contributed by atoms with E-state index in [9.17, 15) is 9.59 Å². The third kappa shape index (κ3) is 1.66. The van der Waals surface area contributed by atoms with Crippen LogP contribution >= 0.6 is 0 Å². The van der Waals surface area contributed by atoms with Crippen molar-refractivity contribution in [3.05, 3.63) is 26.7 Å². The van der Waals surface area contributed by atoms with Crippen LogP contribution in [0.3, 0.4) is 0 Å². The number of nitrogens with one attached hydrogen (secondary N) is 1. The number of hydrogen-bond acceptors (Lipinski definition) is 4. The Bertz CT molecular complexity index is 777. The van der Waals surface area contributed by atoms with Gasteiger partial charge in [-0.15, -0.1) is 0 Å². The first-order valence-corrected chi connectivity index (χ1v) is 6.95. The summed E-state index contributed by atoms with van der Waals surface area (Å²) in [5.41, 5.74) is 0.349. The van der Waals surface area contributed by atoms with Crippen LogP contribution in [-0.2, 0) is 20.6 Å². The molecule has 3 rings (SSSR count). The van der Waals surface area contributed by atoms with Crippen LogP contribution in [0.5, 0.6) is 0 Å². The van der Waals surface area contributed by atoms with Gasteiger partial charge in [-0.05, 0) is 26.3 Å². The van der Waals surface area contributed by atoms with E-state index in [1.54, 1.807) is 7.05 Å². The standard InChI is InChI=1S/C13H19N5O2/c1-4-18-10(8-6-5-7-14-8)15-9-11(18)16(2)13(20)17(3)12(9)19/h8,14H,4-7H2,1-3H3. The highest BCUT2D eigenvalue weighted by Crippen LogP contribution is 2.24. The lowest BCUT2D eigenvalue weighted by Gasteiger charge is -2.13. The van der Waals surface area contributed by atoms with E-state index in [4.69, 9.17) is 0 Å². The van der Waals surface area contributed by atoms with Gasteiger partial charge in [-0.3, -0.25) is 13.9 Å². The molecular formula is C13H19N5O2. The van der Waals surface area contributed by atoms with Crippen LogP contribution in [0, 0.1) is 0 Å². The summed E-state index contributed by atoms with van der Waals surface area (Å²) in [7, 11) is 3.17. The van der Waals surface area contributed by atoms with Crippen molar-refractivity contribution in [1.82, 2.24) is 24.0 Å². The van der Waals surface area contributed by atoms with Gasteiger partial charge in [0.15, 0.2) is 5.52 Å². The normalized spacial score (nSPS) is 19.1. The maximum atomic E-state index is 12.3. The van der Waals surface area contributed by atoms with Crippen LogP contribution in [0.25, 0.3) is 11.2 Å². The minimum Gasteiger partial charge on any atom is -0.313 e. The Labute approximate surface area is 115 Å². The van der Waals surface area contributed by atoms with Crippen LogP contribution in [0.1, 0.15) is 31.6 Å². The molecule has 20 heavy (non-hydrogen) atoms. The molecule has 2 aromatic heterocycles. The number of imidazole rings is 1. The van der Waals surface area contributed by atoms with E-state index in [1.165, 1.54) is 11.6 Å². The predicted molar refractivity (Wildman–Crippen MR) is 75.9 cm³/mol. The molecule has 0 radical (unpaired) electrons. The summed E-state index contributed by atoms with van der Waals surface area (Å²) in [6.07, 6.45) is 2.12. The van der Waals surface area contributed by atoms with Crippen molar-refractivity contribution >= 4 is 11.2 Å². The maximum Gasteiger partial charge on any atom is 0.332 e. The molecule has 1 unspecified atom stereocenters. The summed E-state index contributed by atoms with van der Waals surface area (Å²) >= 11 is 0. The first-order valence-electron chi connectivity index (χ1n) is 6.95. The predicted octanol–water partition coefficient (Wildman–Crippen LogP) is -0.122. The second kappa shape index (κ2) is 4.59. The highest BCUT2D eigenvalue weighted by Gasteiger charge is 2.25. The summed E-state index contributed by atoms with van der Waals surface area (Å²) in [6, 6.07) is 0.169. The lowest BCUT2D eigenvalue weighted by molar-refractivity contribution is 0.559. The van der Waals surface area contributed by atoms with E-state index in [-0.39, 0.29) is 17.3 Å². The van der Waals surface area contributed by atoms with Crippen LogP contribution in [0.2, 0.25) is 0 Å². The molecule has 0 aromatic carbocycles. The Morgan fingerprint density at radius 3 is 2.65 bits per heavy atom. The minimum atomic E-state index is -0.324. The molecule has 7 nitrogen and oxygen atoms in total. The zero-order valence-electron chi connectivity index (χ0n) is 12.0. The average Bonchev–Trinajstić information content (AvgIpc) is 3.08. The van der Waals surface area contributed by atoms with Gasteiger partial charge >= 0.3 is 5.69 Å². The Morgan fingerprint density at radius 2 is 2.05 bits per heavy atom. The smallest absolute Gasteiger partial charge is 0.313 e. The second-order valence-corrected chi connectivity index (χ2v) is 5.24. The van der Waals surface area contributed by atoms with E-state index < -0.39 is 0 Å². The topological polar surface area (TPSA) is 73.8 Å². The van der Waals surface area contributed by atoms with Gasteiger partial charge in [-0.2, -0.15) is 0 Å². The summed E-state index contributed by atoms with van der Waals surface area (Å²) in [5.74, 6) is 0.860. The summed E-state index contributed by atoms with van der Waals surface area (Å²) in [6.45, 7) is 3.65. The molecule has 1 saturated heterocycles. The second-order valence-electron chi connectivity index (χ2n) is 5.24. The third-order valence-corrected chi connectivity index (χ3v) is 4.06. The molecule has 1 atom stereocenters. The van der Waals surface area contributed by atoms with Crippen LogP contribution in [0.4, 0.5) is 0 Å². The van der Waals surface area contributed by atoms with Gasteiger partial charge in [-0.1, -0.05) is 0 Å². The molecule has 2 aromatic rings. The summed E-state index contributed by atoms with van der Waals surface area (Å²) < 4.78 is 4.59. The SMILES string of the molecule is CCn1c(C2CCCN2)nc2c(=O)n(C)c(=O)n(C)c21. The first kappa shape index (κ1) is 13.1. The van der Waals surface area contributed by atoms with Crippen molar-refractivity contribution in [1.29, 1.82) is 0 Å². The van der Waals surface area contributed by atoms with Gasteiger partial charge in [0.2, 0.25) is 0 Å². The number of fused-ring (bicyclic) bond motifs is 1. The van der Waals surface area contributed by atoms with Gasteiger partial charge in [0.1, 0.15) is 11.5 Å². The molecule has 0 bridgehead atoms. The van der Waals surface area contributed by atoms with Crippen LogP contribution < -0.4 is 16.6 Å². The monoisotopic (exact) mass is 277 g/mol. The Kier molecular flexibility index (Phi) is 3.01. The van der Waals surface area contributed by atoms with Gasteiger partial charge in [0.25, 0.3) is 5.56 Å². The van der Waals surface area contributed by atoms with E-state index >= 15 is 0 Å². The molecule has 0 aliphatic carbocycles. The fourth-order valence-corrected chi connectivity index (χ4v) is 2.99. The maximum absolute atomic E-state index is 12.3. The van der Waals surface area contributed by atoms with Gasteiger partial charge in [0, 0.05) is 20.6 Å². The average molecular weight is 277 g/mol. The Morgan fingerprint density at radius 1 is 1.30 bits per heavy atom. The number of aromatic nitrogens is 4. The van der Waals surface area contributed by atoms with Crippen molar-refractivity contribution in [3.63, 3.8) is 0 Å². The molecule has 108 valence electrons. The first-order chi connectivity index (χ1) is 9.56. The quantitative estimate of drug-likeness (QED) is 0.830. The van der Waals surface area contributed by atoms with Crippen molar-refractivity contribution < 1.29 is 0 Å². The lowest BCUT2D eigenvalue weighted by atomic mass is 10.2. The Balaban J connectivity index is 2.40. The van der Waals surface area contributed by atoms with Crippen LogP contribution in [0.15, 0.2) is 9.59 Å². The Hall–Kier alpha value is -1.89. The molecule has 7 heteroatoms. The van der Waals surface area contributed by atoms with E-state index in [0.717, 1.165) is 29.8 Å². The fraction of sp³-hybridized carbons (Fsp3) is 0.615. The van der Waals surface area contributed by atoms with E-state index in [0.29, 0.717) is 17.7 Å². The number of hydrogen-bond donors (Lipinski definition) is 1. The molecule has 1 fully saturated rings. The zero-order valence-corrected chi connectivity index (χ0v) is 12.0. The molecule has 1 aliphatic rings. The third-order valence-electron chi connectivity index (χ3n) is 4.06. The minimum absolute atomic E-state index is 0.169. The van der Waals surface area contributed by atoms with Crippen molar-refractivity contribution in [3.8, 4) is 0 Å². The molecule has 0 saturated carbocycles. The number of nitrogens with zero attached hydrogens (tertiary/aromatic N) is 4. The lowest BCUT2D eigenvalue weighted by Crippen LogP contribution is -2.37. The van der Waals surface area contributed by atoms with Crippen molar-refractivity contribution in [2.75, 3.05) is 6.54 Å². The number of aryl methyl sites for hydroxylation is 2. The molecule has 3 heterocycles. The number of rotatable bonds is 2. The van der Waals surface area contributed by atoms with Gasteiger partial charge in [-0.25, -0.2) is 9.78 Å². The van der Waals surface area contributed by atoms with Crippen molar-refractivity contribution in [2.24, 2.45) is 14.1 Å². The molecule has 1 N–H and O–H groups in total. The highest BCUT2D eigenvalue weighted by molar-refractivity contribution is 5.71. The molecular weight excluding hydrogens is 258 g/mol. The van der Waals surface area contributed by atoms with Crippen LogP contribution in [-0.4, -0.2) is 25.2 Å². The molecule has 0 amide bonds. The van der Waals surface area contributed by atoms with Crippen molar-refractivity contribution in [2.45, 2.75) is 32.4 Å². The molecule has 1 aliphatic heterocycles. The highest BCUT2D eigenvalue weighted by atomic mass is 16.2. The fourth-order valence-electron chi connectivity index (χ4n) is 2.99. The van der Waals surface area contributed by atoms with Gasteiger partial charge in [0.05, 0.1) is 6.04 Å². The summed E-state index contributed by atoms with van der Waals surface area (Å²) in [5, 5.41) is 3.40.